The highest BCUT2D eigenvalue weighted by atomic mass is 32.2. The van der Waals surface area contributed by atoms with E-state index in [4.69, 9.17) is 0 Å². The fraction of sp³-hybridized carbons (Fsp3) is 0.562. The number of hydrogen-bond acceptors (Lipinski definition) is 4. The summed E-state index contributed by atoms with van der Waals surface area (Å²) in [6.45, 7) is 7.28. The van der Waals surface area contributed by atoms with Crippen LogP contribution in [0.25, 0.3) is 5.65 Å². The largest absolute Gasteiger partial charge is 0.349 e. The molecule has 1 unspecified atom stereocenters. The summed E-state index contributed by atoms with van der Waals surface area (Å²) in [4.78, 5) is 6.80. The van der Waals surface area contributed by atoms with Gasteiger partial charge in [0.1, 0.15) is 0 Å². The Labute approximate surface area is 141 Å². The summed E-state index contributed by atoms with van der Waals surface area (Å²) in [5, 5.41) is 12.5. The average Bonchev–Trinajstić information content (AvgIpc) is 2.99. The first-order valence-electron chi connectivity index (χ1n) is 8.05. The van der Waals surface area contributed by atoms with E-state index in [1.54, 1.807) is 0 Å². The number of pyridine rings is 1. The number of nitrogens with zero attached hydrogens (tertiary/aromatic N) is 5. The van der Waals surface area contributed by atoms with Crippen LogP contribution in [0.4, 0.5) is 0 Å². The van der Waals surface area contributed by atoms with Crippen molar-refractivity contribution < 1.29 is 0 Å². The predicted octanol–water partition coefficient (Wildman–Crippen LogP) is 1.88. The molecule has 1 atom stereocenters. The summed E-state index contributed by atoms with van der Waals surface area (Å²) in [5.74, 6) is 3.68. The van der Waals surface area contributed by atoms with E-state index < -0.39 is 0 Å². The fourth-order valence-electron chi connectivity index (χ4n) is 2.77. The van der Waals surface area contributed by atoms with Crippen LogP contribution in [-0.2, 0) is 6.54 Å². The lowest BCUT2D eigenvalue weighted by molar-refractivity contribution is 0.380. The Hall–Kier alpha value is -1.76. The van der Waals surface area contributed by atoms with Gasteiger partial charge >= 0.3 is 0 Å². The third-order valence-corrected chi connectivity index (χ3v) is 5.68. The van der Waals surface area contributed by atoms with Gasteiger partial charge in [0.05, 0.1) is 6.54 Å². The van der Waals surface area contributed by atoms with E-state index in [1.165, 1.54) is 0 Å². The molecule has 0 saturated carbocycles. The smallest absolute Gasteiger partial charge is 0.194 e. The highest BCUT2D eigenvalue weighted by Gasteiger charge is 2.24. The Morgan fingerprint density at radius 1 is 1.43 bits per heavy atom. The number of rotatable bonds is 3. The summed E-state index contributed by atoms with van der Waals surface area (Å²) in [5.41, 5.74) is 0.869. The number of thioether (sulfide) groups is 1. The highest BCUT2D eigenvalue weighted by Crippen LogP contribution is 2.24. The molecule has 0 aromatic carbocycles. The molecular weight excluding hydrogens is 308 g/mol. The second-order valence-corrected chi connectivity index (χ2v) is 7.39. The minimum Gasteiger partial charge on any atom is -0.349 e. The molecule has 3 heterocycles. The summed E-state index contributed by atoms with van der Waals surface area (Å²) in [6, 6.07) is 5.92. The maximum absolute atomic E-state index is 4.45. The predicted molar refractivity (Wildman–Crippen MR) is 95.8 cm³/mol. The molecule has 0 amide bonds. The lowest BCUT2D eigenvalue weighted by Gasteiger charge is -2.36. The van der Waals surface area contributed by atoms with E-state index in [-0.39, 0.29) is 0 Å². The number of hydrogen-bond donors (Lipinski definition) is 1. The van der Waals surface area contributed by atoms with Gasteiger partial charge in [-0.15, -0.1) is 10.2 Å². The first-order chi connectivity index (χ1) is 11.2. The van der Waals surface area contributed by atoms with Crippen molar-refractivity contribution in [2.45, 2.75) is 25.6 Å². The molecule has 1 fully saturated rings. The molecule has 7 heteroatoms. The zero-order chi connectivity index (χ0) is 16.2. The fourth-order valence-corrected chi connectivity index (χ4v) is 4.07. The van der Waals surface area contributed by atoms with Crippen molar-refractivity contribution in [3.05, 3.63) is 30.2 Å². The van der Waals surface area contributed by atoms with E-state index >= 15 is 0 Å². The lowest BCUT2D eigenvalue weighted by atomic mass is 10.1. The Bertz CT molecular complexity index is 680. The van der Waals surface area contributed by atoms with Gasteiger partial charge < -0.3 is 10.2 Å². The van der Waals surface area contributed by atoms with Gasteiger partial charge in [0.25, 0.3) is 0 Å². The van der Waals surface area contributed by atoms with Crippen LogP contribution in [0.3, 0.4) is 0 Å². The molecule has 23 heavy (non-hydrogen) atoms. The molecule has 1 N–H and O–H groups in total. The van der Waals surface area contributed by atoms with Crippen LogP contribution < -0.4 is 5.32 Å². The van der Waals surface area contributed by atoms with Gasteiger partial charge in [-0.05, 0) is 18.1 Å². The third-order valence-electron chi connectivity index (χ3n) is 4.14. The summed E-state index contributed by atoms with van der Waals surface area (Å²) < 4.78 is 2.00. The van der Waals surface area contributed by atoms with Gasteiger partial charge in [-0.1, -0.05) is 19.9 Å². The molecule has 0 bridgehead atoms. The molecule has 1 aliphatic heterocycles. The van der Waals surface area contributed by atoms with Crippen molar-refractivity contribution in [3.8, 4) is 0 Å². The number of aliphatic imine (C=N–C) groups is 1. The molecular formula is C16H24N6S. The van der Waals surface area contributed by atoms with Crippen molar-refractivity contribution >= 4 is 23.4 Å². The minimum atomic E-state index is 0.619. The number of nitrogens with one attached hydrogen (secondary N) is 1. The molecule has 0 aliphatic carbocycles. The zero-order valence-corrected chi connectivity index (χ0v) is 14.8. The molecule has 1 saturated heterocycles. The first kappa shape index (κ1) is 16.1. The van der Waals surface area contributed by atoms with Crippen molar-refractivity contribution in [2.75, 3.05) is 25.9 Å². The van der Waals surface area contributed by atoms with Crippen LogP contribution in [0.1, 0.15) is 19.7 Å². The summed E-state index contributed by atoms with van der Waals surface area (Å²) >= 11 is 2.07. The molecule has 1 aliphatic rings. The first-order valence-corrected chi connectivity index (χ1v) is 9.09. The summed E-state index contributed by atoms with van der Waals surface area (Å²) in [7, 11) is 1.84. The van der Waals surface area contributed by atoms with Crippen molar-refractivity contribution in [3.63, 3.8) is 0 Å². The van der Waals surface area contributed by atoms with Crippen molar-refractivity contribution in [1.82, 2.24) is 24.8 Å². The van der Waals surface area contributed by atoms with Crippen LogP contribution in [0.2, 0.25) is 0 Å². The van der Waals surface area contributed by atoms with Gasteiger partial charge in [0, 0.05) is 37.3 Å². The number of aromatic nitrogens is 3. The van der Waals surface area contributed by atoms with Gasteiger partial charge in [-0.3, -0.25) is 9.39 Å². The second-order valence-electron chi connectivity index (χ2n) is 6.05. The van der Waals surface area contributed by atoms with Crippen molar-refractivity contribution in [2.24, 2.45) is 10.9 Å². The molecule has 0 spiro atoms. The molecule has 124 valence electrons. The van der Waals surface area contributed by atoms with Crippen LogP contribution >= 0.6 is 11.8 Å². The van der Waals surface area contributed by atoms with Gasteiger partial charge in [-0.2, -0.15) is 11.8 Å². The van der Waals surface area contributed by atoms with E-state index in [0.717, 1.165) is 36.3 Å². The van der Waals surface area contributed by atoms with Gasteiger partial charge in [-0.25, -0.2) is 0 Å². The van der Waals surface area contributed by atoms with Gasteiger partial charge in [0.15, 0.2) is 17.4 Å². The Kier molecular flexibility index (Phi) is 5.05. The number of fused-ring (bicyclic) bond motifs is 1. The molecule has 6 nitrogen and oxygen atoms in total. The SMILES string of the molecule is CN=C(NCc1nnc2ccccn12)N1CCSC(C(C)C)C1. The maximum atomic E-state index is 4.45. The summed E-state index contributed by atoms with van der Waals surface area (Å²) in [6.07, 6.45) is 1.99. The Morgan fingerprint density at radius 2 is 2.30 bits per heavy atom. The van der Waals surface area contributed by atoms with Gasteiger partial charge in [0.2, 0.25) is 0 Å². The minimum absolute atomic E-state index is 0.619. The van der Waals surface area contributed by atoms with Crippen LogP contribution in [0.5, 0.6) is 0 Å². The standard InChI is InChI=1S/C16H24N6S/c1-12(2)13-11-21(8-9-23-13)16(17-3)18-10-15-20-19-14-6-4-5-7-22(14)15/h4-7,12-13H,8-11H2,1-3H3,(H,17,18). The molecule has 2 aromatic rings. The molecule has 2 aromatic heterocycles. The van der Waals surface area contributed by atoms with E-state index in [0.29, 0.717) is 17.7 Å². The normalized spacial score (nSPS) is 19.6. The van der Waals surface area contributed by atoms with Crippen LogP contribution in [0, 0.1) is 5.92 Å². The quantitative estimate of drug-likeness (QED) is 0.687. The Balaban J connectivity index is 1.66. The molecule has 3 rings (SSSR count). The topological polar surface area (TPSA) is 57.8 Å². The second kappa shape index (κ2) is 7.21. The van der Waals surface area contributed by atoms with E-state index in [2.05, 4.69) is 51.0 Å². The zero-order valence-electron chi connectivity index (χ0n) is 13.9. The average molecular weight is 332 g/mol. The lowest BCUT2D eigenvalue weighted by Crippen LogP contribution is -2.48. The van der Waals surface area contributed by atoms with Crippen LogP contribution in [-0.4, -0.2) is 56.6 Å². The monoisotopic (exact) mass is 332 g/mol. The van der Waals surface area contributed by atoms with Crippen LogP contribution in [0.15, 0.2) is 29.4 Å². The van der Waals surface area contributed by atoms with E-state index in [9.17, 15) is 0 Å². The highest BCUT2D eigenvalue weighted by molar-refractivity contribution is 8.00. The third kappa shape index (κ3) is 3.60. The maximum Gasteiger partial charge on any atom is 0.194 e. The number of guanidine groups is 1. The van der Waals surface area contributed by atoms with E-state index in [1.807, 2.05) is 35.8 Å². The van der Waals surface area contributed by atoms with Crippen molar-refractivity contribution in [1.29, 1.82) is 0 Å². The Morgan fingerprint density at radius 3 is 3.09 bits per heavy atom. The molecule has 0 radical (unpaired) electrons.